The van der Waals surface area contributed by atoms with E-state index in [-0.39, 0.29) is 0 Å². The molecule has 1 fully saturated rings. The second-order valence-electron chi connectivity index (χ2n) is 8.95. The zero-order chi connectivity index (χ0) is 22.6. The SMILES string of the molecule is Cc1ccc(Cn2c(NC3CCN(CCNc4nccs4)CC3)nc3ccccc32)cc1C. The van der Waals surface area contributed by atoms with Crippen LogP contribution in [0.25, 0.3) is 11.0 Å². The van der Waals surface area contributed by atoms with Crippen LogP contribution in [-0.4, -0.2) is 51.7 Å². The number of para-hydroxylation sites is 2. The monoisotopic (exact) mass is 460 g/mol. The highest BCUT2D eigenvalue weighted by atomic mass is 32.1. The average Bonchev–Trinajstić information content (AvgIpc) is 3.46. The van der Waals surface area contributed by atoms with Crippen molar-refractivity contribution in [1.82, 2.24) is 19.4 Å². The highest BCUT2D eigenvalue weighted by Crippen LogP contribution is 2.24. The summed E-state index contributed by atoms with van der Waals surface area (Å²) < 4.78 is 2.34. The van der Waals surface area contributed by atoms with Gasteiger partial charge in [0.15, 0.2) is 5.13 Å². The third-order valence-electron chi connectivity index (χ3n) is 6.62. The number of hydrogen-bond acceptors (Lipinski definition) is 6. The summed E-state index contributed by atoms with van der Waals surface area (Å²) in [7, 11) is 0. The molecule has 5 rings (SSSR count). The predicted molar refractivity (Wildman–Crippen MR) is 138 cm³/mol. The summed E-state index contributed by atoms with van der Waals surface area (Å²) in [4.78, 5) is 11.8. The van der Waals surface area contributed by atoms with Crippen LogP contribution in [-0.2, 0) is 6.54 Å². The molecule has 0 atom stereocenters. The first-order chi connectivity index (χ1) is 16.2. The van der Waals surface area contributed by atoms with Crippen molar-refractivity contribution in [2.45, 2.75) is 39.3 Å². The number of nitrogens with one attached hydrogen (secondary N) is 2. The lowest BCUT2D eigenvalue weighted by atomic mass is 10.1. The lowest BCUT2D eigenvalue weighted by Gasteiger charge is -2.32. The molecule has 7 heteroatoms. The van der Waals surface area contributed by atoms with Crippen LogP contribution in [0.2, 0.25) is 0 Å². The zero-order valence-corrected chi connectivity index (χ0v) is 20.2. The van der Waals surface area contributed by atoms with E-state index in [0.717, 1.165) is 62.2 Å². The van der Waals surface area contributed by atoms with Crippen molar-refractivity contribution in [3.63, 3.8) is 0 Å². The van der Waals surface area contributed by atoms with Gasteiger partial charge in [0.25, 0.3) is 0 Å². The number of aromatic nitrogens is 3. The first-order valence-corrected chi connectivity index (χ1v) is 12.7. The summed E-state index contributed by atoms with van der Waals surface area (Å²) in [6.07, 6.45) is 4.10. The molecule has 1 aliphatic rings. The summed E-state index contributed by atoms with van der Waals surface area (Å²) in [6.45, 7) is 9.38. The number of fused-ring (bicyclic) bond motifs is 1. The molecule has 6 nitrogen and oxygen atoms in total. The molecule has 1 aliphatic heterocycles. The Morgan fingerprint density at radius 1 is 1.06 bits per heavy atom. The lowest BCUT2D eigenvalue weighted by Crippen LogP contribution is -2.41. The van der Waals surface area contributed by atoms with Crippen LogP contribution in [0.3, 0.4) is 0 Å². The van der Waals surface area contributed by atoms with Gasteiger partial charge >= 0.3 is 0 Å². The number of hydrogen-bond donors (Lipinski definition) is 2. The quantitative estimate of drug-likeness (QED) is 0.381. The van der Waals surface area contributed by atoms with E-state index in [4.69, 9.17) is 4.98 Å². The van der Waals surface area contributed by atoms with Gasteiger partial charge in [-0.25, -0.2) is 9.97 Å². The Morgan fingerprint density at radius 3 is 2.70 bits per heavy atom. The molecule has 0 saturated carbocycles. The van der Waals surface area contributed by atoms with Crippen LogP contribution in [0, 0.1) is 13.8 Å². The van der Waals surface area contributed by atoms with Gasteiger partial charge in [-0.1, -0.05) is 30.3 Å². The highest BCUT2D eigenvalue weighted by Gasteiger charge is 2.21. The lowest BCUT2D eigenvalue weighted by molar-refractivity contribution is 0.226. The van der Waals surface area contributed by atoms with Crippen molar-refractivity contribution >= 4 is 33.5 Å². The summed E-state index contributed by atoms with van der Waals surface area (Å²) in [5.74, 6) is 0.985. The van der Waals surface area contributed by atoms with Crippen LogP contribution < -0.4 is 10.6 Å². The van der Waals surface area contributed by atoms with Gasteiger partial charge in [-0.3, -0.25) is 0 Å². The third-order valence-corrected chi connectivity index (χ3v) is 7.35. The first-order valence-electron chi connectivity index (χ1n) is 11.8. The number of rotatable bonds is 8. The maximum Gasteiger partial charge on any atom is 0.204 e. The van der Waals surface area contributed by atoms with E-state index in [1.807, 2.05) is 11.6 Å². The number of benzene rings is 2. The van der Waals surface area contributed by atoms with Crippen LogP contribution >= 0.6 is 11.3 Å². The molecule has 0 unspecified atom stereocenters. The Balaban J connectivity index is 1.23. The molecule has 3 heterocycles. The molecular weight excluding hydrogens is 428 g/mol. The minimum atomic E-state index is 0.448. The minimum Gasteiger partial charge on any atom is -0.360 e. The van der Waals surface area contributed by atoms with Crippen LogP contribution in [0.4, 0.5) is 11.1 Å². The van der Waals surface area contributed by atoms with E-state index in [9.17, 15) is 0 Å². The van der Waals surface area contributed by atoms with Crippen molar-refractivity contribution in [3.8, 4) is 0 Å². The van der Waals surface area contributed by atoms with Crippen molar-refractivity contribution in [2.24, 2.45) is 0 Å². The highest BCUT2D eigenvalue weighted by molar-refractivity contribution is 7.13. The normalized spacial score (nSPS) is 15.2. The van der Waals surface area contributed by atoms with Gasteiger partial charge in [-0.2, -0.15) is 0 Å². The molecule has 4 aromatic rings. The molecular formula is C26H32N6S. The average molecular weight is 461 g/mol. The summed E-state index contributed by atoms with van der Waals surface area (Å²) >= 11 is 1.66. The number of aryl methyl sites for hydroxylation is 2. The first kappa shape index (κ1) is 21.9. The number of nitrogens with zero attached hydrogens (tertiary/aromatic N) is 4. The summed E-state index contributed by atoms with van der Waals surface area (Å²) in [5, 5.41) is 10.2. The molecule has 0 radical (unpaired) electrons. The summed E-state index contributed by atoms with van der Waals surface area (Å²) in [5.41, 5.74) is 6.22. The molecule has 172 valence electrons. The molecule has 0 aliphatic carbocycles. The summed E-state index contributed by atoms with van der Waals surface area (Å²) in [6, 6.07) is 15.6. The van der Waals surface area contributed by atoms with E-state index in [2.05, 4.69) is 81.4 Å². The Hall–Kier alpha value is -2.90. The Bertz CT molecular complexity index is 1190. The molecule has 33 heavy (non-hydrogen) atoms. The number of thiazole rings is 1. The number of piperidine rings is 1. The van der Waals surface area contributed by atoms with Crippen molar-refractivity contribution in [2.75, 3.05) is 36.8 Å². The van der Waals surface area contributed by atoms with E-state index in [0.29, 0.717) is 6.04 Å². The maximum atomic E-state index is 4.96. The Kier molecular flexibility index (Phi) is 6.60. The largest absolute Gasteiger partial charge is 0.360 e. The fourth-order valence-electron chi connectivity index (χ4n) is 4.55. The van der Waals surface area contributed by atoms with Crippen molar-refractivity contribution in [1.29, 1.82) is 0 Å². The molecule has 2 N–H and O–H groups in total. The van der Waals surface area contributed by atoms with Gasteiger partial charge in [0.05, 0.1) is 17.6 Å². The molecule has 0 spiro atoms. The molecule has 0 amide bonds. The van der Waals surface area contributed by atoms with E-state index in [1.54, 1.807) is 11.3 Å². The molecule has 2 aromatic heterocycles. The Morgan fingerprint density at radius 2 is 1.91 bits per heavy atom. The van der Waals surface area contributed by atoms with Gasteiger partial charge in [-0.05, 0) is 55.5 Å². The number of anilines is 2. The molecule has 0 bridgehead atoms. The second-order valence-corrected chi connectivity index (χ2v) is 9.85. The van der Waals surface area contributed by atoms with Gasteiger partial charge in [0, 0.05) is 43.8 Å². The third kappa shape index (κ3) is 5.20. The zero-order valence-electron chi connectivity index (χ0n) is 19.4. The van der Waals surface area contributed by atoms with Crippen LogP contribution in [0.15, 0.2) is 54.0 Å². The van der Waals surface area contributed by atoms with Crippen molar-refractivity contribution < 1.29 is 0 Å². The predicted octanol–water partition coefficient (Wildman–Crippen LogP) is 5.15. The van der Waals surface area contributed by atoms with Gasteiger partial charge in [0.2, 0.25) is 5.95 Å². The number of imidazole rings is 1. The topological polar surface area (TPSA) is 58.0 Å². The van der Waals surface area contributed by atoms with Gasteiger partial charge in [-0.15, -0.1) is 11.3 Å². The van der Waals surface area contributed by atoms with Gasteiger partial charge in [0.1, 0.15) is 0 Å². The molecule has 1 saturated heterocycles. The number of likely N-dealkylation sites (tertiary alicyclic amines) is 1. The standard InChI is InChI=1S/C26H32N6S/c1-19-7-8-21(17-20(19)2)18-32-24-6-4-3-5-23(24)30-25(32)29-22-9-13-31(14-10-22)15-11-27-26-28-12-16-33-26/h3-8,12,16-17,22H,9-11,13-15,18H2,1-2H3,(H,27,28)(H,29,30). The second kappa shape index (κ2) is 9.93. The van der Waals surface area contributed by atoms with E-state index in [1.165, 1.54) is 22.2 Å². The Labute approximate surface area is 199 Å². The minimum absolute atomic E-state index is 0.448. The van der Waals surface area contributed by atoms with Crippen molar-refractivity contribution in [3.05, 3.63) is 70.7 Å². The maximum absolute atomic E-state index is 4.96. The van der Waals surface area contributed by atoms with E-state index >= 15 is 0 Å². The van der Waals surface area contributed by atoms with Gasteiger partial charge < -0.3 is 20.1 Å². The fourth-order valence-corrected chi connectivity index (χ4v) is 5.10. The smallest absolute Gasteiger partial charge is 0.204 e. The van der Waals surface area contributed by atoms with E-state index < -0.39 is 0 Å². The van der Waals surface area contributed by atoms with Crippen LogP contribution in [0.1, 0.15) is 29.5 Å². The fraction of sp³-hybridized carbons (Fsp3) is 0.385. The van der Waals surface area contributed by atoms with Crippen LogP contribution in [0.5, 0.6) is 0 Å². The molecule has 2 aromatic carbocycles.